The third-order valence-electron chi connectivity index (χ3n) is 5.60. The number of carbonyl (C=O) groups excluding carboxylic acids is 1. The zero-order valence-electron chi connectivity index (χ0n) is 20.4. The molecule has 2 aromatic heterocycles. The summed E-state index contributed by atoms with van der Waals surface area (Å²) < 4.78 is 28.6. The normalized spacial score (nSPS) is 12.1. The van der Waals surface area contributed by atoms with E-state index >= 15 is 0 Å². The highest BCUT2D eigenvalue weighted by Gasteiger charge is 2.25. The van der Waals surface area contributed by atoms with Gasteiger partial charge in [0.15, 0.2) is 0 Å². The first-order chi connectivity index (χ1) is 17.3. The number of nitrogens with zero attached hydrogens (tertiary/aromatic N) is 4. The molecule has 0 atom stereocenters. The number of amides is 1. The summed E-state index contributed by atoms with van der Waals surface area (Å²) in [5.41, 5.74) is 2.22. The molecule has 0 N–H and O–H groups in total. The van der Waals surface area contributed by atoms with Gasteiger partial charge in [-0.25, -0.2) is 13.4 Å². The van der Waals surface area contributed by atoms with E-state index < -0.39 is 10.0 Å². The minimum Gasteiger partial charge on any atom is -0.267 e. The summed E-state index contributed by atoms with van der Waals surface area (Å²) in [5, 5.41) is 8.13. The Kier molecular flexibility index (Phi) is 8.30. The number of hydrogen-bond acceptors (Lipinski definition) is 7. The second kappa shape index (κ2) is 11.4. The van der Waals surface area contributed by atoms with Crippen molar-refractivity contribution in [3.05, 3.63) is 76.0 Å². The lowest BCUT2D eigenvalue weighted by molar-refractivity contribution is 0.0987. The third-order valence-corrected chi connectivity index (χ3v) is 9.39. The largest absolute Gasteiger partial charge is 0.280 e. The molecule has 4 aromatic rings. The monoisotopic (exact) mass is 540 g/mol. The SMILES string of the molecule is CCCCN(CC)S(=O)(=O)c1ccc(C(=O)N(/N=C/c2cccs2)c2nc3ccc(C)cc3s2)cc1. The molecule has 2 aromatic carbocycles. The Bertz CT molecular complexity index is 1460. The number of fused-ring (bicyclic) bond motifs is 1. The molecule has 0 saturated carbocycles. The molecule has 2 heterocycles. The Morgan fingerprint density at radius 3 is 2.56 bits per heavy atom. The Balaban J connectivity index is 1.66. The van der Waals surface area contributed by atoms with Gasteiger partial charge in [0.25, 0.3) is 5.91 Å². The first-order valence-electron chi connectivity index (χ1n) is 11.7. The second-order valence-electron chi connectivity index (χ2n) is 8.22. The van der Waals surface area contributed by atoms with Gasteiger partial charge in [-0.3, -0.25) is 4.79 Å². The first-order valence-corrected chi connectivity index (χ1v) is 14.9. The zero-order valence-corrected chi connectivity index (χ0v) is 22.9. The molecule has 0 bridgehead atoms. The Morgan fingerprint density at radius 2 is 1.89 bits per heavy atom. The molecule has 0 spiro atoms. The summed E-state index contributed by atoms with van der Waals surface area (Å²) in [7, 11) is -3.63. The lowest BCUT2D eigenvalue weighted by Crippen LogP contribution is -2.32. The van der Waals surface area contributed by atoms with E-state index in [-0.39, 0.29) is 10.8 Å². The molecule has 10 heteroatoms. The van der Waals surface area contributed by atoms with E-state index in [0.29, 0.717) is 23.8 Å². The summed E-state index contributed by atoms with van der Waals surface area (Å²) in [4.78, 5) is 19.3. The van der Waals surface area contributed by atoms with Crippen LogP contribution in [0.4, 0.5) is 5.13 Å². The first kappa shape index (κ1) is 26.2. The van der Waals surface area contributed by atoms with E-state index in [9.17, 15) is 13.2 Å². The number of thiazole rings is 1. The summed E-state index contributed by atoms with van der Waals surface area (Å²) in [6.07, 6.45) is 3.33. The van der Waals surface area contributed by atoms with Gasteiger partial charge in [-0.05, 0) is 66.8 Å². The summed E-state index contributed by atoms with van der Waals surface area (Å²) in [6, 6.07) is 15.8. The predicted octanol–water partition coefficient (Wildman–Crippen LogP) is 6.16. The average molecular weight is 541 g/mol. The fraction of sp³-hybridized carbons (Fsp3) is 0.269. The minimum absolute atomic E-state index is 0.168. The number of benzene rings is 2. The van der Waals surface area contributed by atoms with Crippen molar-refractivity contribution in [1.29, 1.82) is 0 Å². The van der Waals surface area contributed by atoms with Crippen LogP contribution in [0.15, 0.2) is 70.0 Å². The molecule has 7 nitrogen and oxygen atoms in total. The van der Waals surface area contributed by atoms with Crippen LogP contribution in [0.25, 0.3) is 10.2 Å². The molecule has 36 heavy (non-hydrogen) atoms. The summed E-state index contributed by atoms with van der Waals surface area (Å²) in [5.74, 6) is -0.388. The highest BCUT2D eigenvalue weighted by Crippen LogP contribution is 2.31. The van der Waals surface area contributed by atoms with Crippen LogP contribution in [0.5, 0.6) is 0 Å². The van der Waals surface area contributed by atoms with Crippen molar-refractivity contribution in [2.45, 2.75) is 38.5 Å². The number of rotatable bonds is 10. The molecule has 0 aliphatic heterocycles. The van der Waals surface area contributed by atoms with E-state index in [4.69, 9.17) is 0 Å². The predicted molar refractivity (Wildman–Crippen MR) is 149 cm³/mol. The maximum absolute atomic E-state index is 13.6. The van der Waals surface area contributed by atoms with Crippen LogP contribution in [0.1, 0.15) is 47.5 Å². The van der Waals surface area contributed by atoms with E-state index in [0.717, 1.165) is 33.5 Å². The lowest BCUT2D eigenvalue weighted by atomic mass is 10.2. The van der Waals surface area contributed by atoms with Crippen LogP contribution in [0, 0.1) is 6.92 Å². The highest BCUT2D eigenvalue weighted by atomic mass is 32.2. The van der Waals surface area contributed by atoms with Gasteiger partial charge in [-0.1, -0.05) is 43.7 Å². The van der Waals surface area contributed by atoms with Crippen molar-refractivity contribution in [2.75, 3.05) is 18.1 Å². The molecule has 0 saturated heterocycles. The number of anilines is 1. The van der Waals surface area contributed by atoms with E-state index in [1.54, 1.807) is 6.21 Å². The minimum atomic E-state index is -3.63. The van der Waals surface area contributed by atoms with Crippen molar-refractivity contribution in [3.63, 3.8) is 0 Å². The van der Waals surface area contributed by atoms with Crippen LogP contribution in [-0.2, 0) is 10.0 Å². The van der Waals surface area contributed by atoms with Crippen molar-refractivity contribution >= 4 is 60.2 Å². The quantitative estimate of drug-likeness (QED) is 0.178. The molecular weight excluding hydrogens is 513 g/mol. The number of sulfonamides is 1. The van der Waals surface area contributed by atoms with Gasteiger partial charge in [0.05, 0.1) is 21.3 Å². The fourth-order valence-corrected chi connectivity index (χ4v) is 6.69. The number of thiophene rings is 1. The van der Waals surface area contributed by atoms with Crippen LogP contribution < -0.4 is 5.01 Å². The molecular formula is C26H28N4O3S3. The van der Waals surface area contributed by atoms with Gasteiger partial charge in [-0.2, -0.15) is 14.4 Å². The van der Waals surface area contributed by atoms with E-state index in [1.165, 1.54) is 56.3 Å². The van der Waals surface area contributed by atoms with Crippen LogP contribution in [0.3, 0.4) is 0 Å². The molecule has 0 aliphatic rings. The van der Waals surface area contributed by atoms with Gasteiger partial charge in [0.1, 0.15) is 0 Å². The van der Waals surface area contributed by atoms with Crippen LogP contribution in [0.2, 0.25) is 0 Å². The van der Waals surface area contributed by atoms with Crippen molar-refractivity contribution in [1.82, 2.24) is 9.29 Å². The molecule has 0 radical (unpaired) electrons. The van der Waals surface area contributed by atoms with E-state index in [2.05, 4.69) is 10.1 Å². The standard InChI is InChI=1S/C26H28N4O3S3/c1-4-6-15-29(5-2)36(32,33)22-12-10-20(11-13-22)25(31)30(27-18-21-8-7-16-34-21)26-28-23-14-9-19(3)17-24(23)35-26/h7-14,16-18H,4-6,15H2,1-3H3/b27-18+. The van der Waals surface area contributed by atoms with Gasteiger partial charge < -0.3 is 0 Å². The third kappa shape index (κ3) is 5.73. The average Bonchev–Trinajstić information content (AvgIpc) is 3.54. The molecule has 0 fully saturated rings. The Morgan fingerprint density at radius 1 is 1.11 bits per heavy atom. The maximum Gasteiger partial charge on any atom is 0.280 e. The smallest absolute Gasteiger partial charge is 0.267 e. The van der Waals surface area contributed by atoms with Gasteiger partial charge in [-0.15, -0.1) is 11.3 Å². The summed E-state index contributed by atoms with van der Waals surface area (Å²) in [6.45, 7) is 6.73. The second-order valence-corrected chi connectivity index (χ2v) is 12.1. The van der Waals surface area contributed by atoms with Crippen LogP contribution >= 0.6 is 22.7 Å². The number of hydrazone groups is 1. The molecule has 188 valence electrons. The van der Waals surface area contributed by atoms with Crippen molar-refractivity contribution in [3.8, 4) is 0 Å². The molecule has 0 aliphatic carbocycles. The van der Waals surface area contributed by atoms with Crippen molar-refractivity contribution in [2.24, 2.45) is 5.10 Å². The van der Waals surface area contributed by atoms with Crippen LogP contribution in [-0.4, -0.2) is 42.9 Å². The van der Waals surface area contributed by atoms with Crippen molar-refractivity contribution < 1.29 is 13.2 Å². The number of unbranched alkanes of at least 4 members (excludes halogenated alkanes) is 1. The topological polar surface area (TPSA) is 82.9 Å². The maximum atomic E-state index is 13.6. The molecule has 4 rings (SSSR count). The van der Waals surface area contributed by atoms with Gasteiger partial charge in [0.2, 0.25) is 15.2 Å². The number of carbonyl (C=O) groups is 1. The number of hydrogen-bond donors (Lipinski definition) is 0. The lowest BCUT2D eigenvalue weighted by Gasteiger charge is -2.20. The zero-order chi connectivity index (χ0) is 25.7. The Hall–Kier alpha value is -2.92. The van der Waals surface area contributed by atoms with E-state index in [1.807, 2.05) is 56.5 Å². The highest BCUT2D eigenvalue weighted by molar-refractivity contribution is 7.89. The fourth-order valence-electron chi connectivity index (χ4n) is 3.60. The Labute approximate surface area is 219 Å². The molecule has 1 amide bonds. The number of aromatic nitrogens is 1. The summed E-state index contributed by atoms with van der Waals surface area (Å²) >= 11 is 2.90. The molecule has 0 unspecified atom stereocenters. The number of aryl methyl sites for hydroxylation is 1. The van der Waals surface area contributed by atoms with Gasteiger partial charge >= 0.3 is 0 Å². The van der Waals surface area contributed by atoms with Gasteiger partial charge in [0, 0.05) is 23.5 Å².